The third kappa shape index (κ3) is 4.63. The van der Waals surface area contributed by atoms with Gasteiger partial charge < -0.3 is 4.74 Å². The van der Waals surface area contributed by atoms with E-state index < -0.39 is 24.7 Å². The number of anilines is 1. The molecule has 0 aliphatic carbocycles. The van der Waals surface area contributed by atoms with Gasteiger partial charge in [-0.05, 0) is 18.2 Å². The van der Waals surface area contributed by atoms with Crippen molar-refractivity contribution in [1.29, 1.82) is 0 Å². The summed E-state index contributed by atoms with van der Waals surface area (Å²) in [4.78, 5) is 10.8. The molecule has 0 bridgehead atoms. The summed E-state index contributed by atoms with van der Waals surface area (Å²) in [6, 6.07) is 4.70. The van der Waals surface area contributed by atoms with Crippen molar-refractivity contribution in [3.63, 3.8) is 0 Å². The third-order valence-corrected chi connectivity index (χ3v) is 1.44. The first-order chi connectivity index (χ1) is 7.37. The molecular weight excluding hydrogens is 230 g/mol. The normalized spacial score (nSPS) is 11.0. The molecule has 0 spiro atoms. The van der Waals surface area contributed by atoms with Gasteiger partial charge in [-0.2, -0.15) is 13.2 Å². The smallest absolute Gasteiger partial charge is 0.422 e. The number of amides is 1. The van der Waals surface area contributed by atoms with E-state index in [2.05, 4.69) is 4.74 Å². The first kappa shape index (κ1) is 12.3. The molecule has 88 valence electrons. The van der Waals surface area contributed by atoms with Crippen molar-refractivity contribution in [1.82, 2.24) is 0 Å². The quantitative estimate of drug-likeness (QED) is 0.803. The second-order valence-corrected chi connectivity index (χ2v) is 2.83. The summed E-state index contributed by atoms with van der Waals surface area (Å²) in [6.07, 6.45) is -5.87. The molecule has 0 radical (unpaired) electrons. The van der Waals surface area contributed by atoms with Crippen molar-refractivity contribution in [3.8, 4) is 0 Å². The monoisotopic (exact) mass is 237 g/mol. The minimum absolute atomic E-state index is 0.0205. The molecule has 0 aliphatic heterocycles. The summed E-state index contributed by atoms with van der Waals surface area (Å²) < 4.78 is 51.4. The van der Waals surface area contributed by atoms with Gasteiger partial charge in [0.15, 0.2) is 6.61 Å². The lowest BCUT2D eigenvalue weighted by Crippen LogP contribution is -2.23. The van der Waals surface area contributed by atoms with Gasteiger partial charge in [-0.3, -0.25) is 5.32 Å². The summed E-state index contributed by atoms with van der Waals surface area (Å²) in [7, 11) is 0. The summed E-state index contributed by atoms with van der Waals surface area (Å²) in [5.74, 6) is -0.617. The van der Waals surface area contributed by atoms with Crippen molar-refractivity contribution in [2.45, 2.75) is 6.18 Å². The molecule has 1 aromatic carbocycles. The summed E-state index contributed by atoms with van der Waals surface area (Å²) in [6.45, 7) is -1.69. The maximum atomic E-state index is 12.6. The highest BCUT2D eigenvalue weighted by atomic mass is 19.4. The van der Waals surface area contributed by atoms with Gasteiger partial charge in [0.05, 0.1) is 0 Å². The van der Waals surface area contributed by atoms with E-state index in [9.17, 15) is 22.4 Å². The Bertz CT molecular complexity index is 378. The zero-order valence-corrected chi connectivity index (χ0v) is 7.84. The SMILES string of the molecule is O=C(Nc1cccc(F)c1)OCC(F)(F)F. The summed E-state index contributed by atoms with van der Waals surface area (Å²) in [5.41, 5.74) is 0.0205. The fourth-order valence-corrected chi connectivity index (χ4v) is 0.868. The van der Waals surface area contributed by atoms with E-state index in [0.29, 0.717) is 0 Å². The minimum atomic E-state index is -4.58. The number of carbonyl (C=O) groups is 1. The van der Waals surface area contributed by atoms with Crippen LogP contribution < -0.4 is 5.32 Å². The van der Waals surface area contributed by atoms with Crippen LogP contribution in [-0.4, -0.2) is 18.9 Å². The molecule has 1 rings (SSSR count). The summed E-state index contributed by atoms with van der Waals surface area (Å²) in [5, 5.41) is 1.95. The first-order valence-corrected chi connectivity index (χ1v) is 4.13. The molecule has 1 amide bonds. The van der Waals surface area contributed by atoms with Crippen molar-refractivity contribution in [2.75, 3.05) is 11.9 Å². The highest BCUT2D eigenvalue weighted by Gasteiger charge is 2.29. The van der Waals surface area contributed by atoms with Gasteiger partial charge in [0.2, 0.25) is 0 Å². The average Bonchev–Trinajstić information content (AvgIpc) is 2.14. The Balaban J connectivity index is 2.46. The van der Waals surface area contributed by atoms with Gasteiger partial charge in [0, 0.05) is 5.69 Å². The standard InChI is InChI=1S/C9H7F4NO2/c10-6-2-1-3-7(4-6)14-8(15)16-5-9(11,12)13/h1-4H,5H2,(H,14,15). The van der Waals surface area contributed by atoms with Crippen LogP contribution in [0.4, 0.5) is 28.0 Å². The lowest BCUT2D eigenvalue weighted by Gasteiger charge is -2.08. The number of halogens is 4. The van der Waals surface area contributed by atoms with Crippen molar-refractivity contribution < 1.29 is 27.1 Å². The van der Waals surface area contributed by atoms with Crippen LogP contribution in [0.15, 0.2) is 24.3 Å². The molecule has 0 unspecified atom stereocenters. The Hall–Kier alpha value is -1.79. The van der Waals surface area contributed by atoms with Gasteiger partial charge >= 0.3 is 12.3 Å². The largest absolute Gasteiger partial charge is 0.440 e. The highest BCUT2D eigenvalue weighted by molar-refractivity contribution is 5.84. The number of rotatable bonds is 2. The molecule has 0 saturated heterocycles. The zero-order chi connectivity index (χ0) is 12.2. The van der Waals surface area contributed by atoms with Crippen molar-refractivity contribution in [3.05, 3.63) is 30.1 Å². The maximum Gasteiger partial charge on any atom is 0.422 e. The molecule has 16 heavy (non-hydrogen) atoms. The lowest BCUT2D eigenvalue weighted by atomic mass is 10.3. The van der Waals surface area contributed by atoms with E-state index in [0.717, 1.165) is 12.1 Å². The summed E-state index contributed by atoms with van der Waals surface area (Å²) >= 11 is 0. The van der Waals surface area contributed by atoms with Crippen LogP contribution in [0.1, 0.15) is 0 Å². The predicted molar refractivity (Wildman–Crippen MR) is 47.4 cm³/mol. The molecular formula is C9H7F4NO2. The van der Waals surface area contributed by atoms with E-state index in [1.54, 1.807) is 0 Å². The molecule has 0 aliphatic rings. The average molecular weight is 237 g/mol. The Morgan fingerprint density at radius 1 is 1.38 bits per heavy atom. The molecule has 0 aromatic heterocycles. The topological polar surface area (TPSA) is 38.3 Å². The van der Waals surface area contributed by atoms with Crippen LogP contribution in [0, 0.1) is 5.82 Å². The molecule has 7 heteroatoms. The second-order valence-electron chi connectivity index (χ2n) is 2.83. The van der Waals surface area contributed by atoms with Crippen LogP contribution in [-0.2, 0) is 4.74 Å². The van der Waals surface area contributed by atoms with Crippen LogP contribution in [0.5, 0.6) is 0 Å². The molecule has 3 nitrogen and oxygen atoms in total. The van der Waals surface area contributed by atoms with Gasteiger partial charge in [-0.25, -0.2) is 9.18 Å². The number of carbonyl (C=O) groups excluding carboxylic acids is 1. The van der Waals surface area contributed by atoms with E-state index in [-0.39, 0.29) is 5.69 Å². The van der Waals surface area contributed by atoms with Crippen molar-refractivity contribution in [2.24, 2.45) is 0 Å². The molecule has 0 fully saturated rings. The van der Waals surface area contributed by atoms with E-state index in [1.807, 2.05) is 5.32 Å². The number of benzene rings is 1. The number of hydrogen-bond donors (Lipinski definition) is 1. The predicted octanol–water partition coefficient (Wildman–Crippen LogP) is 2.94. The second kappa shape index (κ2) is 4.82. The van der Waals surface area contributed by atoms with E-state index >= 15 is 0 Å². The number of hydrogen-bond acceptors (Lipinski definition) is 2. The Morgan fingerprint density at radius 3 is 2.62 bits per heavy atom. The van der Waals surface area contributed by atoms with E-state index in [4.69, 9.17) is 0 Å². The molecule has 0 atom stereocenters. The van der Waals surface area contributed by atoms with Crippen LogP contribution in [0.2, 0.25) is 0 Å². The van der Waals surface area contributed by atoms with Crippen LogP contribution in [0.3, 0.4) is 0 Å². The fraction of sp³-hybridized carbons (Fsp3) is 0.222. The van der Waals surface area contributed by atoms with Gasteiger partial charge in [0.1, 0.15) is 5.82 Å². The minimum Gasteiger partial charge on any atom is -0.440 e. The Labute approximate surface area is 88.0 Å². The van der Waals surface area contributed by atoms with Gasteiger partial charge in [0.25, 0.3) is 0 Å². The maximum absolute atomic E-state index is 12.6. The molecule has 0 heterocycles. The molecule has 1 N–H and O–H groups in total. The highest BCUT2D eigenvalue weighted by Crippen LogP contribution is 2.15. The van der Waals surface area contributed by atoms with Crippen LogP contribution >= 0.6 is 0 Å². The zero-order valence-electron chi connectivity index (χ0n) is 7.84. The van der Waals surface area contributed by atoms with E-state index in [1.165, 1.54) is 12.1 Å². The number of nitrogens with one attached hydrogen (secondary N) is 1. The number of ether oxygens (including phenoxy) is 1. The van der Waals surface area contributed by atoms with Crippen molar-refractivity contribution >= 4 is 11.8 Å². The fourth-order valence-electron chi connectivity index (χ4n) is 0.868. The Kier molecular flexibility index (Phi) is 3.70. The first-order valence-electron chi connectivity index (χ1n) is 4.13. The molecule has 1 aromatic rings. The van der Waals surface area contributed by atoms with Gasteiger partial charge in [-0.1, -0.05) is 6.07 Å². The Morgan fingerprint density at radius 2 is 2.06 bits per heavy atom. The molecule has 0 saturated carbocycles. The lowest BCUT2D eigenvalue weighted by molar-refractivity contribution is -0.159. The number of alkyl halides is 3. The van der Waals surface area contributed by atoms with Gasteiger partial charge in [-0.15, -0.1) is 0 Å². The van der Waals surface area contributed by atoms with Crippen LogP contribution in [0.25, 0.3) is 0 Å². The third-order valence-electron chi connectivity index (χ3n) is 1.44.